The van der Waals surface area contributed by atoms with E-state index in [4.69, 9.17) is 9.84 Å². The summed E-state index contributed by atoms with van der Waals surface area (Å²) in [5.41, 5.74) is 1.32. The summed E-state index contributed by atoms with van der Waals surface area (Å²) < 4.78 is 8.29. The monoisotopic (exact) mass is 277 g/mol. The first-order valence-electron chi connectivity index (χ1n) is 8.08. The highest BCUT2D eigenvalue weighted by atomic mass is 16.5. The van der Waals surface area contributed by atoms with Gasteiger partial charge in [0, 0.05) is 25.4 Å². The van der Waals surface area contributed by atoms with Gasteiger partial charge in [-0.2, -0.15) is 5.10 Å². The van der Waals surface area contributed by atoms with Crippen LogP contribution in [0.3, 0.4) is 0 Å². The zero-order chi connectivity index (χ0) is 14.0. The lowest BCUT2D eigenvalue weighted by atomic mass is 9.89. The topological polar surface area (TPSA) is 39.1 Å². The Kier molecular flexibility index (Phi) is 4.13. The van der Waals surface area contributed by atoms with Crippen molar-refractivity contribution in [2.45, 2.75) is 76.6 Å². The van der Waals surface area contributed by atoms with Crippen LogP contribution in [0.2, 0.25) is 0 Å². The minimum absolute atomic E-state index is 0.172. The molecule has 1 aliphatic carbocycles. The molecule has 0 aromatic carbocycles. The third kappa shape index (κ3) is 3.07. The first-order valence-corrected chi connectivity index (χ1v) is 8.08. The van der Waals surface area contributed by atoms with Crippen LogP contribution in [0.25, 0.3) is 0 Å². The molecule has 1 saturated heterocycles. The standard InChI is InChI=1S/C16H27N3O/c1-13(2)17-12-14-5-9-19(18-14)15-6-10-20-16(11-15)7-3-4-8-16/h5,9,13,15,17H,3-4,6-8,10-12H2,1-2H3. The number of ether oxygens (including phenoxy) is 1. The summed E-state index contributed by atoms with van der Waals surface area (Å²) in [4.78, 5) is 0. The predicted octanol–water partition coefficient (Wildman–Crippen LogP) is 3.05. The predicted molar refractivity (Wildman–Crippen MR) is 79.6 cm³/mol. The van der Waals surface area contributed by atoms with Gasteiger partial charge in [0.1, 0.15) is 0 Å². The van der Waals surface area contributed by atoms with Gasteiger partial charge in [0.25, 0.3) is 0 Å². The van der Waals surface area contributed by atoms with E-state index in [1.807, 2.05) is 0 Å². The van der Waals surface area contributed by atoms with Gasteiger partial charge < -0.3 is 10.1 Å². The van der Waals surface area contributed by atoms with Crippen LogP contribution in [0, 0.1) is 0 Å². The number of rotatable bonds is 4. The summed E-state index contributed by atoms with van der Waals surface area (Å²) in [6.45, 7) is 6.09. The van der Waals surface area contributed by atoms with Crippen LogP contribution < -0.4 is 5.32 Å². The van der Waals surface area contributed by atoms with Gasteiger partial charge in [0.2, 0.25) is 0 Å². The summed E-state index contributed by atoms with van der Waals surface area (Å²) >= 11 is 0. The molecule has 1 aliphatic heterocycles. The van der Waals surface area contributed by atoms with E-state index < -0.39 is 0 Å². The van der Waals surface area contributed by atoms with Gasteiger partial charge >= 0.3 is 0 Å². The smallest absolute Gasteiger partial charge is 0.0762 e. The summed E-state index contributed by atoms with van der Waals surface area (Å²) in [6, 6.07) is 3.17. The van der Waals surface area contributed by atoms with Gasteiger partial charge in [-0.1, -0.05) is 26.7 Å². The number of aromatic nitrogens is 2. The molecule has 0 bridgehead atoms. The van der Waals surface area contributed by atoms with Crippen LogP contribution >= 0.6 is 0 Å². The fourth-order valence-corrected chi connectivity index (χ4v) is 3.58. The molecule has 3 rings (SSSR count). The normalized spacial score (nSPS) is 25.6. The van der Waals surface area contributed by atoms with Crippen molar-refractivity contribution in [2.75, 3.05) is 6.61 Å². The third-order valence-electron chi connectivity index (χ3n) is 4.71. The molecule has 0 radical (unpaired) electrons. The molecule has 1 aromatic rings. The molecule has 4 nitrogen and oxygen atoms in total. The summed E-state index contributed by atoms with van der Waals surface area (Å²) in [7, 11) is 0. The van der Waals surface area contributed by atoms with Gasteiger partial charge in [-0.3, -0.25) is 4.68 Å². The van der Waals surface area contributed by atoms with Crippen molar-refractivity contribution >= 4 is 0 Å². The van der Waals surface area contributed by atoms with E-state index in [0.29, 0.717) is 12.1 Å². The average molecular weight is 277 g/mol. The highest BCUT2D eigenvalue weighted by Crippen LogP contribution is 2.43. The van der Waals surface area contributed by atoms with E-state index in [1.54, 1.807) is 0 Å². The van der Waals surface area contributed by atoms with E-state index in [9.17, 15) is 0 Å². The maximum atomic E-state index is 6.11. The second kappa shape index (κ2) is 5.86. The molecule has 1 saturated carbocycles. The Labute approximate surface area is 121 Å². The lowest BCUT2D eigenvalue weighted by Gasteiger charge is -2.38. The minimum atomic E-state index is 0.172. The van der Waals surface area contributed by atoms with Gasteiger partial charge in [-0.05, 0) is 31.7 Å². The van der Waals surface area contributed by atoms with Crippen molar-refractivity contribution < 1.29 is 4.74 Å². The van der Waals surface area contributed by atoms with Crippen LogP contribution in [0.4, 0.5) is 0 Å². The van der Waals surface area contributed by atoms with Crippen LogP contribution in [0.15, 0.2) is 12.3 Å². The number of hydrogen-bond donors (Lipinski definition) is 1. The Bertz CT molecular complexity index is 435. The number of hydrogen-bond acceptors (Lipinski definition) is 3. The van der Waals surface area contributed by atoms with Crippen LogP contribution in [0.5, 0.6) is 0 Å². The number of nitrogens with one attached hydrogen (secondary N) is 1. The Hall–Kier alpha value is -0.870. The van der Waals surface area contributed by atoms with Gasteiger partial charge in [0.15, 0.2) is 0 Å². The summed E-state index contributed by atoms with van der Waals surface area (Å²) in [6.07, 6.45) is 9.53. The lowest BCUT2D eigenvalue weighted by molar-refractivity contribution is -0.0910. The highest BCUT2D eigenvalue weighted by molar-refractivity contribution is 5.01. The molecule has 112 valence electrons. The second-order valence-electron chi connectivity index (χ2n) is 6.71. The molecule has 1 N–H and O–H groups in total. The first kappa shape index (κ1) is 14.1. The zero-order valence-electron chi connectivity index (χ0n) is 12.8. The first-order chi connectivity index (χ1) is 9.67. The second-order valence-corrected chi connectivity index (χ2v) is 6.71. The Balaban J connectivity index is 1.63. The minimum Gasteiger partial charge on any atom is -0.375 e. The highest BCUT2D eigenvalue weighted by Gasteiger charge is 2.40. The van der Waals surface area contributed by atoms with Crippen molar-refractivity contribution in [2.24, 2.45) is 0 Å². The van der Waals surface area contributed by atoms with E-state index in [2.05, 4.69) is 36.1 Å². The van der Waals surface area contributed by atoms with Crippen molar-refractivity contribution in [3.63, 3.8) is 0 Å². The van der Waals surface area contributed by atoms with Crippen molar-refractivity contribution in [3.8, 4) is 0 Å². The maximum Gasteiger partial charge on any atom is 0.0762 e. The molecule has 4 heteroatoms. The van der Waals surface area contributed by atoms with Crippen molar-refractivity contribution in [3.05, 3.63) is 18.0 Å². The zero-order valence-corrected chi connectivity index (χ0v) is 12.8. The Morgan fingerprint density at radius 1 is 1.45 bits per heavy atom. The Morgan fingerprint density at radius 3 is 3.00 bits per heavy atom. The van der Waals surface area contributed by atoms with Crippen molar-refractivity contribution in [1.82, 2.24) is 15.1 Å². The lowest BCUT2D eigenvalue weighted by Crippen LogP contribution is -2.38. The maximum absolute atomic E-state index is 6.11. The Morgan fingerprint density at radius 2 is 2.25 bits per heavy atom. The van der Waals surface area contributed by atoms with Gasteiger partial charge in [0.05, 0.1) is 17.3 Å². The SMILES string of the molecule is CC(C)NCc1ccn(C2CCOC3(CCCC3)C2)n1. The molecule has 20 heavy (non-hydrogen) atoms. The summed E-state index contributed by atoms with van der Waals surface area (Å²) in [5, 5.41) is 8.19. The summed E-state index contributed by atoms with van der Waals surface area (Å²) in [5.74, 6) is 0. The molecular formula is C16H27N3O. The van der Waals surface area contributed by atoms with Crippen LogP contribution in [0.1, 0.15) is 64.1 Å². The van der Waals surface area contributed by atoms with Crippen LogP contribution in [-0.4, -0.2) is 28.0 Å². The van der Waals surface area contributed by atoms with Crippen LogP contribution in [-0.2, 0) is 11.3 Å². The number of nitrogens with zero attached hydrogens (tertiary/aromatic N) is 2. The van der Waals surface area contributed by atoms with Gasteiger partial charge in [-0.25, -0.2) is 0 Å². The van der Waals surface area contributed by atoms with Gasteiger partial charge in [-0.15, -0.1) is 0 Å². The molecular weight excluding hydrogens is 250 g/mol. The van der Waals surface area contributed by atoms with E-state index in [-0.39, 0.29) is 5.60 Å². The largest absolute Gasteiger partial charge is 0.375 e. The average Bonchev–Trinajstić information content (AvgIpc) is 3.06. The molecule has 1 unspecified atom stereocenters. The quantitative estimate of drug-likeness (QED) is 0.919. The molecule has 0 amide bonds. The van der Waals surface area contributed by atoms with E-state index >= 15 is 0 Å². The van der Waals surface area contributed by atoms with E-state index in [1.165, 1.54) is 25.7 Å². The third-order valence-corrected chi connectivity index (χ3v) is 4.71. The molecule has 2 fully saturated rings. The molecule has 1 atom stereocenters. The molecule has 2 heterocycles. The molecule has 1 spiro atoms. The molecule has 2 aliphatic rings. The molecule has 1 aromatic heterocycles. The fraction of sp³-hybridized carbons (Fsp3) is 0.812. The van der Waals surface area contributed by atoms with E-state index in [0.717, 1.165) is 31.7 Å². The van der Waals surface area contributed by atoms with Crippen molar-refractivity contribution in [1.29, 1.82) is 0 Å². The fourth-order valence-electron chi connectivity index (χ4n) is 3.58.